The minimum absolute atomic E-state index is 0.0113. The van der Waals surface area contributed by atoms with E-state index in [1.807, 2.05) is 89.2 Å². The molecule has 1 aliphatic rings. The molecule has 6 N–H and O–H groups in total. The number of imide groups is 1. The number of hydrogen-bond donors (Lipinski definition) is 5. The molecule has 2 aromatic rings. The molecule has 0 saturated carbocycles. The van der Waals surface area contributed by atoms with Crippen molar-refractivity contribution in [2.75, 3.05) is 26.0 Å². The third kappa shape index (κ3) is 37.4. The van der Waals surface area contributed by atoms with Crippen molar-refractivity contribution in [1.29, 1.82) is 0 Å². The molecule has 18 nitrogen and oxygen atoms in total. The summed E-state index contributed by atoms with van der Waals surface area (Å²) in [6, 6.07) is 16.7. The van der Waals surface area contributed by atoms with Crippen molar-refractivity contribution >= 4 is 61.1 Å². The fraction of sp³-hybridized carbons (Fsp3) is 0.523. The van der Waals surface area contributed by atoms with Crippen LogP contribution >= 0.6 is 0 Å². The smallest absolute Gasteiger partial charge is 0.407 e. The summed E-state index contributed by atoms with van der Waals surface area (Å²) in [4.78, 5) is 99.7. The Kier molecular flexibility index (Phi) is 38.9. The molecule has 0 bridgehead atoms. The third-order valence-corrected chi connectivity index (χ3v) is 7.37. The fourth-order valence-corrected chi connectivity index (χ4v) is 4.68. The lowest BCUT2D eigenvalue weighted by molar-refractivity contribution is -0.197. The molecule has 3 rings (SSSR count). The maximum Gasteiger partial charge on any atom is 0.407 e. The summed E-state index contributed by atoms with van der Waals surface area (Å²) in [6.45, 7) is 12.0. The van der Waals surface area contributed by atoms with E-state index in [0.29, 0.717) is 37.3 Å². The van der Waals surface area contributed by atoms with Crippen molar-refractivity contribution in [1.82, 2.24) is 21.0 Å². The van der Waals surface area contributed by atoms with Gasteiger partial charge in [-0.25, -0.2) is 9.59 Å². The second kappa shape index (κ2) is 40.0. The van der Waals surface area contributed by atoms with Crippen LogP contribution in [0, 0.1) is 0 Å². The zero-order valence-corrected chi connectivity index (χ0v) is 37.9. The van der Waals surface area contributed by atoms with Crippen molar-refractivity contribution in [3.05, 3.63) is 65.7 Å². The first-order valence-electron chi connectivity index (χ1n) is 20.4. The van der Waals surface area contributed by atoms with Crippen LogP contribution in [0.5, 0.6) is 0 Å². The molecule has 2 aromatic carbocycles. The van der Waals surface area contributed by atoms with Gasteiger partial charge in [0.15, 0.2) is 0 Å². The molecule has 1 saturated heterocycles. The van der Waals surface area contributed by atoms with E-state index >= 15 is 0 Å². The van der Waals surface area contributed by atoms with Crippen LogP contribution < -0.4 is 27.0 Å². The highest BCUT2D eigenvalue weighted by atomic mass is 19.1. The number of methoxy groups -OCH3 is 1. The van der Waals surface area contributed by atoms with E-state index in [1.165, 1.54) is 26.3 Å². The number of benzene rings is 2. The summed E-state index contributed by atoms with van der Waals surface area (Å²) in [7, 11) is 3.15. The standard InChI is InChI=1S/C12H18N2O5.C11H23NO2.C10H11NO2.C9H11NO2.CHFO.CH5N/c1-8(2)13-9(15)4-3-5-12(18)19-14-10(16)6-7-11(14)17;1-5-6-7-8-9-12-10(13)14-11(2,3)4;12-7-10(11-8-13)6-9-4-2-1-3-5-9;1-12-6-8-2-4-9(5-3-8)10-7-11;2-1-3;1-2/h8H,3-7H2,1-2H3,(H,13,15);5-9H2,1-4H3,(H,12,13);1-5,7-8,10H,6H2,(H,11,13);2-5,7H,6H2,1H3,(H,10,11);1H;2H2,1H3. The number of anilines is 1. The molecule has 0 aliphatic carbocycles. The van der Waals surface area contributed by atoms with E-state index in [1.54, 1.807) is 7.11 Å². The van der Waals surface area contributed by atoms with Gasteiger partial charge in [-0.2, -0.15) is 4.39 Å². The van der Waals surface area contributed by atoms with Crippen molar-refractivity contribution in [2.24, 2.45) is 5.73 Å². The average molecular weight is 893 g/mol. The van der Waals surface area contributed by atoms with Gasteiger partial charge in [-0.3, -0.25) is 28.8 Å². The van der Waals surface area contributed by atoms with Gasteiger partial charge >= 0.3 is 12.1 Å². The molecule has 1 heterocycles. The summed E-state index contributed by atoms with van der Waals surface area (Å²) in [5.74, 6) is -1.83. The molecule has 0 spiro atoms. The number of unbranched alkanes of at least 4 members (excludes halogenated alkanes) is 3. The number of rotatable bonds is 20. The zero-order chi connectivity index (χ0) is 48.5. The number of aldehydes is 1. The third-order valence-electron chi connectivity index (χ3n) is 7.37. The van der Waals surface area contributed by atoms with Crippen molar-refractivity contribution in [3.8, 4) is 0 Å². The van der Waals surface area contributed by atoms with Gasteiger partial charge in [0.2, 0.25) is 18.7 Å². The largest absolute Gasteiger partial charge is 0.444 e. The molecule has 0 aromatic heterocycles. The number of nitrogens with two attached hydrogens (primary N) is 1. The molecule has 1 aliphatic heterocycles. The summed E-state index contributed by atoms with van der Waals surface area (Å²) in [5, 5.41) is 10.9. The Morgan fingerprint density at radius 2 is 1.43 bits per heavy atom. The first kappa shape index (κ1) is 61.2. The number of halogens is 1. The number of carbonyl (C=O) groups excluding carboxylic acids is 9. The molecule has 354 valence electrons. The van der Waals surface area contributed by atoms with Gasteiger partial charge in [0, 0.05) is 51.1 Å². The number of hydrogen-bond acceptors (Lipinski definition) is 13. The first-order valence-corrected chi connectivity index (χ1v) is 20.4. The Morgan fingerprint density at radius 1 is 0.841 bits per heavy atom. The van der Waals surface area contributed by atoms with E-state index in [0.717, 1.165) is 36.1 Å². The van der Waals surface area contributed by atoms with Crippen molar-refractivity contribution < 1.29 is 61.9 Å². The molecule has 1 atom stereocenters. The van der Waals surface area contributed by atoms with Gasteiger partial charge in [0.05, 0.1) is 12.6 Å². The molecule has 6 amide bonds. The normalized spacial score (nSPS) is 11.5. The number of carbonyl (C=O) groups is 9. The second-order valence-corrected chi connectivity index (χ2v) is 14.3. The minimum atomic E-state index is -0.750. The highest BCUT2D eigenvalue weighted by molar-refractivity contribution is 6.01. The van der Waals surface area contributed by atoms with Crippen LogP contribution in [-0.4, -0.2) is 98.9 Å². The van der Waals surface area contributed by atoms with E-state index in [-0.39, 0.29) is 43.7 Å². The Bertz CT molecular complexity index is 1560. The van der Waals surface area contributed by atoms with E-state index in [4.69, 9.17) is 14.3 Å². The summed E-state index contributed by atoms with van der Waals surface area (Å²) >= 11 is 0. The second-order valence-electron chi connectivity index (χ2n) is 14.3. The molecule has 1 fully saturated rings. The SMILES string of the molecule is CC(C)NC(=O)CCCC(=O)ON1C(=O)CCC1=O.CCCCCCNC(=O)OC(C)(C)C.CN.COCc1ccc(NC=O)cc1.O=CF.O=CNC(C=O)Cc1ccccc1. The van der Waals surface area contributed by atoms with Crippen LogP contribution in [-0.2, 0) is 65.7 Å². The topological polar surface area (TPSA) is 259 Å². The average Bonchev–Trinajstić information content (AvgIpc) is 3.55. The van der Waals surface area contributed by atoms with Crippen molar-refractivity contribution in [2.45, 2.75) is 130 Å². The van der Waals surface area contributed by atoms with Gasteiger partial charge < -0.3 is 46.1 Å². The van der Waals surface area contributed by atoms with Gasteiger partial charge in [-0.1, -0.05) is 68.7 Å². The van der Waals surface area contributed by atoms with Crippen LogP contribution in [0.1, 0.15) is 110 Å². The van der Waals surface area contributed by atoms with Gasteiger partial charge in [-0.05, 0) is 84.2 Å². The highest BCUT2D eigenvalue weighted by Crippen LogP contribution is 2.13. The summed E-state index contributed by atoms with van der Waals surface area (Å²) in [5.41, 5.74) is 7.03. The number of ether oxygens (including phenoxy) is 2. The minimum Gasteiger partial charge on any atom is -0.444 e. The fourth-order valence-electron chi connectivity index (χ4n) is 4.68. The lowest BCUT2D eigenvalue weighted by Gasteiger charge is -2.19. The predicted molar refractivity (Wildman–Crippen MR) is 237 cm³/mol. The number of nitrogens with one attached hydrogen (secondary N) is 4. The maximum atomic E-state index is 11.4. The maximum absolute atomic E-state index is 11.4. The number of alkyl carbamates (subject to hydrolysis) is 1. The molecular formula is C44H69FN6O12. The lowest BCUT2D eigenvalue weighted by atomic mass is 10.1. The monoisotopic (exact) mass is 892 g/mol. The van der Waals surface area contributed by atoms with Gasteiger partial charge in [0.1, 0.15) is 11.9 Å². The zero-order valence-electron chi connectivity index (χ0n) is 37.9. The first-order chi connectivity index (χ1) is 30.0. The van der Waals surface area contributed by atoms with E-state index in [2.05, 4.69) is 38.8 Å². The van der Waals surface area contributed by atoms with Crippen LogP contribution in [0.15, 0.2) is 54.6 Å². The quantitative estimate of drug-likeness (QED) is 0.0506. The van der Waals surface area contributed by atoms with Crippen LogP contribution in [0.4, 0.5) is 14.9 Å². The van der Waals surface area contributed by atoms with Gasteiger partial charge in [-0.15, -0.1) is 5.06 Å². The number of nitrogens with zero attached hydrogens (tertiary/aromatic N) is 1. The van der Waals surface area contributed by atoms with Gasteiger partial charge in [0.25, 0.3) is 18.4 Å². The molecule has 19 heteroatoms. The number of hydroxylamine groups is 2. The Morgan fingerprint density at radius 3 is 1.90 bits per heavy atom. The molecular weight excluding hydrogens is 824 g/mol. The van der Waals surface area contributed by atoms with Crippen LogP contribution in [0.2, 0.25) is 0 Å². The van der Waals surface area contributed by atoms with E-state index in [9.17, 15) is 42.7 Å². The lowest BCUT2D eigenvalue weighted by Crippen LogP contribution is -2.32. The number of amides is 6. The predicted octanol–water partition coefficient (Wildman–Crippen LogP) is 5.04. The molecule has 0 radical (unpaired) electrons. The Hall–Kier alpha value is -6.08. The van der Waals surface area contributed by atoms with Crippen molar-refractivity contribution in [3.63, 3.8) is 0 Å². The van der Waals surface area contributed by atoms with Crippen LogP contribution in [0.3, 0.4) is 0 Å². The summed E-state index contributed by atoms with van der Waals surface area (Å²) < 4.78 is 19.6. The molecule has 63 heavy (non-hydrogen) atoms. The summed E-state index contributed by atoms with van der Waals surface area (Å²) in [6.07, 6.45) is 7.48. The highest BCUT2D eigenvalue weighted by Gasteiger charge is 2.32. The Labute approximate surface area is 370 Å². The van der Waals surface area contributed by atoms with Crippen LogP contribution in [0.25, 0.3) is 0 Å². The van der Waals surface area contributed by atoms with E-state index < -0.39 is 36.0 Å². The molecule has 1 unspecified atom stereocenters. The Balaban J connectivity index is -0.000000745.